The maximum Gasteiger partial charge on any atom is 0.344 e. The summed E-state index contributed by atoms with van der Waals surface area (Å²) in [6, 6.07) is 10.2. The number of carbonyl (C=O) groups excluding carboxylic acids is 2. The molecule has 2 aliphatic rings. The number of rotatable bonds is 12. The number of oxime groups is 1. The van der Waals surface area contributed by atoms with E-state index < -0.39 is 12.6 Å². The molecular formula is C31H36Cl4N4O5. The molecule has 1 N–H and O–H groups in total. The van der Waals surface area contributed by atoms with Crippen LogP contribution in [-0.2, 0) is 14.4 Å². The van der Waals surface area contributed by atoms with Gasteiger partial charge in [-0.3, -0.25) is 9.59 Å². The van der Waals surface area contributed by atoms with Crippen LogP contribution in [-0.4, -0.2) is 95.7 Å². The Labute approximate surface area is 277 Å². The van der Waals surface area contributed by atoms with E-state index >= 15 is 0 Å². The van der Waals surface area contributed by atoms with Crippen LogP contribution in [0.15, 0.2) is 41.6 Å². The third kappa shape index (κ3) is 9.47. The summed E-state index contributed by atoms with van der Waals surface area (Å²) in [5.74, 6) is -1.64. The van der Waals surface area contributed by atoms with E-state index in [4.69, 9.17) is 51.2 Å². The van der Waals surface area contributed by atoms with Gasteiger partial charge >= 0.3 is 5.97 Å². The van der Waals surface area contributed by atoms with E-state index in [1.54, 1.807) is 25.2 Å². The van der Waals surface area contributed by atoms with Crippen LogP contribution in [0.5, 0.6) is 0 Å². The number of carboxylic acids is 1. The van der Waals surface area contributed by atoms with Crippen LogP contribution in [0.25, 0.3) is 0 Å². The van der Waals surface area contributed by atoms with Crippen molar-refractivity contribution in [1.29, 1.82) is 0 Å². The monoisotopic (exact) mass is 684 g/mol. The van der Waals surface area contributed by atoms with Gasteiger partial charge in [-0.15, -0.1) is 0 Å². The minimum absolute atomic E-state index is 0.0344. The number of nitrogens with zero attached hydrogens (tertiary/aromatic N) is 4. The topological polar surface area (TPSA) is 103 Å². The lowest BCUT2D eigenvalue weighted by Crippen LogP contribution is -2.49. The predicted octanol–water partition coefficient (Wildman–Crippen LogP) is 6.48. The molecule has 0 radical (unpaired) electrons. The summed E-state index contributed by atoms with van der Waals surface area (Å²) in [5.41, 5.74) is 1.55. The molecule has 1 atom stereocenters. The molecule has 2 heterocycles. The van der Waals surface area contributed by atoms with Gasteiger partial charge in [0.05, 0.1) is 22.3 Å². The number of carboxylic acid groups (broad SMARTS) is 1. The maximum absolute atomic E-state index is 13.4. The zero-order valence-corrected chi connectivity index (χ0v) is 27.5. The zero-order valence-electron chi connectivity index (χ0n) is 24.5. The number of carbonyl (C=O) groups is 3. The molecule has 0 aliphatic carbocycles. The van der Waals surface area contributed by atoms with Crippen molar-refractivity contribution in [3.63, 3.8) is 0 Å². The second-order valence-electron chi connectivity index (χ2n) is 11.2. The fraction of sp³-hybridized carbons (Fsp3) is 0.484. The molecule has 238 valence electrons. The molecule has 0 saturated carbocycles. The molecule has 2 aromatic rings. The average molecular weight is 686 g/mol. The van der Waals surface area contributed by atoms with E-state index in [0.717, 1.165) is 50.9 Å². The summed E-state index contributed by atoms with van der Waals surface area (Å²) in [6.45, 7) is 2.63. The Balaban J connectivity index is 1.54. The Morgan fingerprint density at radius 2 is 1.73 bits per heavy atom. The molecule has 1 unspecified atom stereocenters. The van der Waals surface area contributed by atoms with Gasteiger partial charge in [-0.25, -0.2) is 4.79 Å². The van der Waals surface area contributed by atoms with Gasteiger partial charge in [-0.2, -0.15) is 0 Å². The van der Waals surface area contributed by atoms with Crippen LogP contribution in [0.1, 0.15) is 60.4 Å². The number of halogens is 4. The lowest BCUT2D eigenvalue weighted by atomic mass is 9.89. The highest BCUT2D eigenvalue weighted by molar-refractivity contribution is 6.42. The normalized spacial score (nSPS) is 17.4. The van der Waals surface area contributed by atoms with Crippen LogP contribution in [0.2, 0.25) is 20.1 Å². The Morgan fingerprint density at radius 1 is 1.02 bits per heavy atom. The fourth-order valence-corrected chi connectivity index (χ4v) is 6.65. The van der Waals surface area contributed by atoms with Crippen molar-refractivity contribution >= 4 is 69.9 Å². The Bertz CT molecular complexity index is 1360. The van der Waals surface area contributed by atoms with E-state index in [2.05, 4.69) is 15.0 Å². The van der Waals surface area contributed by atoms with Gasteiger partial charge in [0, 0.05) is 60.7 Å². The highest BCUT2D eigenvalue weighted by Gasteiger charge is 2.30. The summed E-state index contributed by atoms with van der Waals surface area (Å²) in [4.78, 5) is 48.1. The molecule has 2 fully saturated rings. The SMILES string of the molecule is CN(C/C(=N\OCC(=O)O)C(CCN1CCC(N2CCCCC2=O)CC1)c1ccc(Cl)c(Cl)c1)C(=O)c1cc(Cl)cc(Cl)c1. The van der Waals surface area contributed by atoms with Gasteiger partial charge in [0.15, 0.2) is 0 Å². The van der Waals surface area contributed by atoms with Crippen molar-refractivity contribution < 1.29 is 24.3 Å². The van der Waals surface area contributed by atoms with Gasteiger partial charge in [0.25, 0.3) is 5.91 Å². The lowest BCUT2D eigenvalue weighted by molar-refractivity contribution is -0.142. The Hall–Kier alpha value is -2.56. The number of amides is 2. The van der Waals surface area contributed by atoms with Crippen molar-refractivity contribution in [1.82, 2.24) is 14.7 Å². The van der Waals surface area contributed by atoms with E-state index in [1.165, 1.54) is 17.0 Å². The molecule has 0 aromatic heterocycles. The molecule has 2 aliphatic heterocycles. The highest BCUT2D eigenvalue weighted by atomic mass is 35.5. The van der Waals surface area contributed by atoms with Gasteiger partial charge in [0.2, 0.25) is 12.5 Å². The minimum Gasteiger partial charge on any atom is -0.479 e. The molecular weight excluding hydrogens is 650 g/mol. The Kier molecular flexibility index (Phi) is 12.6. The molecule has 44 heavy (non-hydrogen) atoms. The van der Waals surface area contributed by atoms with Crippen molar-refractivity contribution in [3.05, 3.63) is 67.6 Å². The van der Waals surface area contributed by atoms with Crippen LogP contribution in [0, 0.1) is 0 Å². The second kappa shape index (κ2) is 16.1. The molecule has 2 amide bonds. The van der Waals surface area contributed by atoms with Crippen molar-refractivity contribution in [2.45, 2.75) is 50.5 Å². The number of aliphatic carboxylic acids is 1. The largest absolute Gasteiger partial charge is 0.479 e. The van der Waals surface area contributed by atoms with Crippen LogP contribution >= 0.6 is 46.4 Å². The number of benzene rings is 2. The maximum atomic E-state index is 13.4. The first kappa shape index (κ1) is 34.3. The van der Waals surface area contributed by atoms with E-state index in [9.17, 15) is 19.5 Å². The van der Waals surface area contributed by atoms with Crippen LogP contribution in [0.3, 0.4) is 0 Å². The first-order chi connectivity index (χ1) is 21.0. The third-order valence-electron chi connectivity index (χ3n) is 8.07. The number of hydrogen-bond donors (Lipinski definition) is 1. The average Bonchev–Trinajstić information content (AvgIpc) is 2.98. The van der Waals surface area contributed by atoms with E-state index in [1.807, 2.05) is 6.07 Å². The lowest BCUT2D eigenvalue weighted by Gasteiger charge is -2.40. The van der Waals surface area contributed by atoms with Crippen molar-refractivity contribution in [3.8, 4) is 0 Å². The predicted molar refractivity (Wildman–Crippen MR) is 173 cm³/mol. The summed E-state index contributed by atoms with van der Waals surface area (Å²) in [6.07, 6.45) is 5.07. The summed E-state index contributed by atoms with van der Waals surface area (Å²) in [5, 5.41) is 14.8. The standard InChI is InChI=1S/C31H36Cl4N4O5/c1-37(31(43)21-14-22(32)17-23(33)15-21)18-28(36-44-19-30(41)42)25(20-5-6-26(34)27(35)16-20)9-13-38-11-7-24(8-12-38)39-10-3-2-4-29(39)40/h5-6,14-17,24-25H,2-4,7-13,18-19H2,1H3,(H,41,42)/b36-28+. The van der Waals surface area contributed by atoms with Crippen molar-refractivity contribution in [2.75, 3.05) is 46.4 Å². The quantitative estimate of drug-likeness (QED) is 0.203. The molecule has 0 bridgehead atoms. The molecule has 0 spiro atoms. The molecule has 2 saturated heterocycles. The highest BCUT2D eigenvalue weighted by Crippen LogP contribution is 2.31. The smallest absolute Gasteiger partial charge is 0.344 e. The molecule has 2 aromatic carbocycles. The minimum atomic E-state index is -1.17. The zero-order chi connectivity index (χ0) is 31.8. The Morgan fingerprint density at radius 3 is 2.36 bits per heavy atom. The second-order valence-corrected chi connectivity index (χ2v) is 12.9. The van der Waals surface area contributed by atoms with Crippen LogP contribution in [0.4, 0.5) is 0 Å². The van der Waals surface area contributed by atoms with Gasteiger partial charge in [-0.1, -0.05) is 57.6 Å². The first-order valence-electron chi connectivity index (χ1n) is 14.6. The first-order valence-corrected chi connectivity index (χ1v) is 16.1. The van der Waals surface area contributed by atoms with Crippen LogP contribution < -0.4 is 0 Å². The van der Waals surface area contributed by atoms with Gasteiger partial charge in [-0.05, 0) is 74.5 Å². The summed E-state index contributed by atoms with van der Waals surface area (Å²) < 4.78 is 0. The van der Waals surface area contributed by atoms with Crippen molar-refractivity contribution in [2.24, 2.45) is 5.16 Å². The summed E-state index contributed by atoms with van der Waals surface area (Å²) in [7, 11) is 1.61. The molecule has 9 nitrogen and oxygen atoms in total. The fourth-order valence-electron chi connectivity index (χ4n) is 5.82. The van der Waals surface area contributed by atoms with Gasteiger partial charge < -0.3 is 24.6 Å². The summed E-state index contributed by atoms with van der Waals surface area (Å²) >= 11 is 24.9. The molecule has 4 rings (SSSR count). The number of hydrogen-bond acceptors (Lipinski definition) is 6. The van der Waals surface area contributed by atoms with Gasteiger partial charge in [0.1, 0.15) is 0 Å². The molecule has 13 heteroatoms. The number of piperidine rings is 2. The van der Waals surface area contributed by atoms with E-state index in [0.29, 0.717) is 50.8 Å². The third-order valence-corrected chi connectivity index (χ3v) is 9.24. The number of likely N-dealkylation sites (tertiary alicyclic amines) is 2. The van der Waals surface area contributed by atoms with E-state index in [-0.39, 0.29) is 30.3 Å².